The molecule has 0 unspecified atom stereocenters. The number of aryl methyl sites for hydroxylation is 2. The van der Waals surface area contributed by atoms with Gasteiger partial charge in [-0.3, -0.25) is 4.79 Å². The monoisotopic (exact) mass is 344 g/mol. The van der Waals surface area contributed by atoms with Crippen LogP contribution in [0.5, 0.6) is 0 Å². The minimum atomic E-state index is -0.315. The van der Waals surface area contributed by atoms with Crippen LogP contribution in [0.4, 0.5) is 10.5 Å². The number of nitrogens with zero attached hydrogens (tertiary/aromatic N) is 2. The van der Waals surface area contributed by atoms with Crippen molar-refractivity contribution >= 4 is 17.6 Å². The summed E-state index contributed by atoms with van der Waals surface area (Å²) >= 11 is 0. The minimum absolute atomic E-state index is 0.00982. The molecule has 1 heterocycles. The molecule has 7 nitrogen and oxygen atoms in total. The number of rotatable bonds is 5. The number of nitrogens with one attached hydrogen (secondary N) is 2. The summed E-state index contributed by atoms with van der Waals surface area (Å²) in [5.41, 5.74) is 3.25. The second-order valence-corrected chi connectivity index (χ2v) is 6.13. The molecule has 0 saturated carbocycles. The van der Waals surface area contributed by atoms with Gasteiger partial charge in [-0.2, -0.15) is 0 Å². The van der Waals surface area contributed by atoms with Gasteiger partial charge in [0.05, 0.1) is 11.7 Å². The topological polar surface area (TPSA) is 87.5 Å². The fraction of sp³-hybridized carbons (Fsp3) is 0.389. The number of urea groups is 1. The van der Waals surface area contributed by atoms with Crippen molar-refractivity contribution in [3.63, 3.8) is 0 Å². The summed E-state index contributed by atoms with van der Waals surface area (Å²) in [5.74, 6) is 0.684. The number of carbonyl (C=O) groups excluding carboxylic acids is 2. The zero-order valence-corrected chi connectivity index (χ0v) is 15.2. The molecule has 7 heteroatoms. The van der Waals surface area contributed by atoms with Crippen LogP contribution < -0.4 is 10.6 Å². The Kier molecular flexibility index (Phi) is 5.80. The maximum atomic E-state index is 12.2. The molecule has 2 N–H and O–H groups in total. The molecule has 0 saturated heterocycles. The zero-order valence-electron chi connectivity index (χ0n) is 15.2. The van der Waals surface area contributed by atoms with E-state index in [0.717, 1.165) is 16.8 Å². The van der Waals surface area contributed by atoms with Gasteiger partial charge in [0.1, 0.15) is 5.76 Å². The molecule has 0 bridgehead atoms. The van der Waals surface area contributed by atoms with Crippen LogP contribution >= 0.6 is 0 Å². The first-order valence-corrected chi connectivity index (χ1v) is 8.09. The van der Waals surface area contributed by atoms with E-state index in [9.17, 15) is 9.59 Å². The van der Waals surface area contributed by atoms with Gasteiger partial charge < -0.3 is 20.1 Å². The molecule has 2 aromatic rings. The molecular weight excluding hydrogens is 320 g/mol. The van der Waals surface area contributed by atoms with Crippen molar-refractivity contribution in [3.05, 3.63) is 46.8 Å². The van der Waals surface area contributed by atoms with Gasteiger partial charge in [-0.1, -0.05) is 17.3 Å². The Morgan fingerprint density at radius 3 is 2.64 bits per heavy atom. The Bertz CT molecular complexity index is 750. The highest BCUT2D eigenvalue weighted by Gasteiger charge is 2.18. The van der Waals surface area contributed by atoms with Crippen molar-refractivity contribution in [2.75, 3.05) is 12.4 Å². The first-order valence-electron chi connectivity index (χ1n) is 8.09. The van der Waals surface area contributed by atoms with E-state index in [1.54, 1.807) is 18.0 Å². The van der Waals surface area contributed by atoms with Crippen LogP contribution in [-0.4, -0.2) is 29.0 Å². The molecule has 25 heavy (non-hydrogen) atoms. The lowest BCUT2D eigenvalue weighted by atomic mass is 10.1. The summed E-state index contributed by atoms with van der Waals surface area (Å²) < 4.78 is 5.13. The van der Waals surface area contributed by atoms with Gasteiger partial charge in [0.15, 0.2) is 0 Å². The highest BCUT2D eigenvalue weighted by molar-refractivity contribution is 5.89. The molecule has 134 valence electrons. The third kappa shape index (κ3) is 4.82. The third-order valence-corrected chi connectivity index (χ3v) is 4.01. The van der Waals surface area contributed by atoms with Gasteiger partial charge in [0.25, 0.3) is 0 Å². The molecule has 0 aliphatic carbocycles. The predicted molar refractivity (Wildman–Crippen MR) is 95.1 cm³/mol. The molecule has 0 fully saturated rings. The fourth-order valence-corrected chi connectivity index (χ4v) is 2.68. The fourth-order valence-electron chi connectivity index (χ4n) is 2.68. The van der Waals surface area contributed by atoms with Crippen LogP contribution in [0, 0.1) is 13.8 Å². The lowest BCUT2D eigenvalue weighted by molar-refractivity contribution is -0.128. The lowest BCUT2D eigenvalue weighted by Gasteiger charge is -2.17. The number of benzene rings is 1. The number of hydrogen-bond acceptors (Lipinski definition) is 4. The summed E-state index contributed by atoms with van der Waals surface area (Å²) in [6.07, 6.45) is 0. The smallest absolute Gasteiger partial charge is 0.319 e. The molecule has 1 atom stereocenters. The van der Waals surface area contributed by atoms with Gasteiger partial charge in [0.2, 0.25) is 5.91 Å². The Hall–Kier alpha value is -2.83. The SMILES string of the molecule is CC(=O)N(C)Cc1cccc(NC(=O)N[C@@H](C)c2c(C)noc2C)c1. The van der Waals surface area contributed by atoms with Crippen LogP contribution in [0.15, 0.2) is 28.8 Å². The number of anilines is 1. The van der Waals surface area contributed by atoms with E-state index in [1.165, 1.54) is 6.92 Å². The first kappa shape index (κ1) is 18.5. The van der Waals surface area contributed by atoms with Crippen LogP contribution in [0.1, 0.15) is 42.5 Å². The first-order chi connectivity index (χ1) is 11.8. The van der Waals surface area contributed by atoms with E-state index in [2.05, 4.69) is 15.8 Å². The largest absolute Gasteiger partial charge is 0.361 e. The molecule has 1 aromatic heterocycles. The predicted octanol–water partition coefficient (Wildman–Crippen LogP) is 3.15. The molecular formula is C18H24N4O3. The van der Waals surface area contributed by atoms with Crippen LogP contribution in [0.2, 0.25) is 0 Å². The minimum Gasteiger partial charge on any atom is -0.361 e. The van der Waals surface area contributed by atoms with Gasteiger partial charge in [-0.05, 0) is 38.5 Å². The Morgan fingerprint density at radius 1 is 1.32 bits per heavy atom. The number of hydrogen-bond donors (Lipinski definition) is 2. The molecule has 0 aliphatic heterocycles. The van der Waals surface area contributed by atoms with Gasteiger partial charge in [-0.15, -0.1) is 0 Å². The summed E-state index contributed by atoms with van der Waals surface area (Å²) in [6.45, 7) is 7.55. The maximum absolute atomic E-state index is 12.2. The van der Waals surface area contributed by atoms with Crippen LogP contribution in [0.25, 0.3) is 0 Å². The van der Waals surface area contributed by atoms with E-state index in [4.69, 9.17) is 4.52 Å². The van der Waals surface area contributed by atoms with E-state index < -0.39 is 0 Å². The van der Waals surface area contributed by atoms with E-state index in [0.29, 0.717) is 18.0 Å². The molecule has 1 aromatic carbocycles. The average molecular weight is 344 g/mol. The lowest BCUT2D eigenvalue weighted by Crippen LogP contribution is -2.31. The summed E-state index contributed by atoms with van der Waals surface area (Å²) in [5, 5.41) is 9.59. The number of carbonyl (C=O) groups is 2. The Labute approximate surface area is 147 Å². The number of amides is 3. The van der Waals surface area contributed by atoms with Crippen molar-refractivity contribution in [1.82, 2.24) is 15.4 Å². The van der Waals surface area contributed by atoms with Gasteiger partial charge in [-0.25, -0.2) is 4.79 Å². The number of aromatic nitrogens is 1. The molecule has 3 amide bonds. The molecule has 0 spiro atoms. The second kappa shape index (κ2) is 7.83. The van der Waals surface area contributed by atoms with E-state index in [-0.39, 0.29) is 18.0 Å². The normalized spacial score (nSPS) is 11.7. The maximum Gasteiger partial charge on any atom is 0.319 e. The second-order valence-electron chi connectivity index (χ2n) is 6.13. The standard InChI is InChI=1S/C18H24N4O3/c1-11(17-12(2)21-25-13(17)3)19-18(24)20-16-8-6-7-15(9-16)10-22(5)14(4)23/h6-9,11H,10H2,1-5H3,(H2,19,20,24)/t11-/m0/s1. The van der Waals surface area contributed by atoms with E-state index >= 15 is 0 Å². The molecule has 0 radical (unpaired) electrons. The highest BCUT2D eigenvalue weighted by Crippen LogP contribution is 2.21. The Morgan fingerprint density at radius 2 is 2.04 bits per heavy atom. The van der Waals surface area contributed by atoms with Crippen LogP contribution in [0.3, 0.4) is 0 Å². The summed E-state index contributed by atoms with van der Waals surface area (Å²) in [7, 11) is 1.74. The van der Waals surface area contributed by atoms with Crippen molar-refractivity contribution in [2.24, 2.45) is 0 Å². The quantitative estimate of drug-likeness (QED) is 0.872. The third-order valence-electron chi connectivity index (χ3n) is 4.01. The van der Waals surface area contributed by atoms with Crippen molar-refractivity contribution < 1.29 is 14.1 Å². The van der Waals surface area contributed by atoms with Gasteiger partial charge in [0, 0.05) is 31.8 Å². The van der Waals surface area contributed by atoms with E-state index in [1.807, 2.05) is 39.0 Å². The zero-order chi connectivity index (χ0) is 18.6. The van der Waals surface area contributed by atoms with Crippen molar-refractivity contribution in [3.8, 4) is 0 Å². The van der Waals surface area contributed by atoms with Crippen molar-refractivity contribution in [1.29, 1.82) is 0 Å². The van der Waals surface area contributed by atoms with Crippen LogP contribution in [-0.2, 0) is 11.3 Å². The highest BCUT2D eigenvalue weighted by atomic mass is 16.5. The van der Waals surface area contributed by atoms with Gasteiger partial charge >= 0.3 is 6.03 Å². The average Bonchev–Trinajstić information content (AvgIpc) is 2.86. The summed E-state index contributed by atoms with van der Waals surface area (Å²) in [4.78, 5) is 25.2. The Balaban J connectivity index is 2.00. The molecule has 2 rings (SSSR count). The molecule has 0 aliphatic rings. The summed E-state index contributed by atoms with van der Waals surface area (Å²) in [6, 6.07) is 6.87. The van der Waals surface area contributed by atoms with Crippen molar-refractivity contribution in [2.45, 2.75) is 40.3 Å².